The summed E-state index contributed by atoms with van der Waals surface area (Å²) in [6.07, 6.45) is -0.985. The van der Waals surface area contributed by atoms with Crippen LogP contribution in [0.15, 0.2) is 10.1 Å². The summed E-state index contributed by atoms with van der Waals surface area (Å²) in [4.78, 5) is 21.6. The highest BCUT2D eigenvalue weighted by Crippen LogP contribution is 2.26. The Bertz CT molecular complexity index is 290. The molecule has 7 heteroatoms. The van der Waals surface area contributed by atoms with Crippen molar-refractivity contribution in [2.24, 2.45) is 0 Å². The van der Waals surface area contributed by atoms with Crippen molar-refractivity contribution >= 4 is 35.2 Å². The normalized spacial score (nSPS) is 21.5. The number of hydrogen-bond donors (Lipinski definition) is 2. The summed E-state index contributed by atoms with van der Waals surface area (Å²) in [5.74, 6) is -0.743. The van der Waals surface area contributed by atoms with Crippen molar-refractivity contribution in [3.8, 4) is 0 Å². The third-order valence-corrected chi connectivity index (χ3v) is 2.18. The minimum absolute atomic E-state index is 0.0183. The molecular formula is C6H6Cl2N2O3. The van der Waals surface area contributed by atoms with Crippen LogP contribution in [0.4, 0.5) is 4.79 Å². The van der Waals surface area contributed by atoms with Crippen LogP contribution < -0.4 is 10.6 Å². The minimum Gasteiger partial charge on any atom is -0.432 e. The fraction of sp³-hybridized carbons (Fsp3) is 0.333. The molecule has 0 aliphatic carbocycles. The Morgan fingerprint density at radius 1 is 1.54 bits per heavy atom. The van der Waals surface area contributed by atoms with E-state index in [9.17, 15) is 9.59 Å². The summed E-state index contributed by atoms with van der Waals surface area (Å²) >= 11 is 11.0. The number of rotatable bonds is 1. The molecule has 1 aliphatic rings. The zero-order chi connectivity index (χ0) is 10.0. The van der Waals surface area contributed by atoms with Crippen molar-refractivity contribution in [1.82, 2.24) is 10.6 Å². The van der Waals surface area contributed by atoms with E-state index >= 15 is 0 Å². The van der Waals surface area contributed by atoms with Gasteiger partial charge in [0.05, 0.1) is 0 Å². The number of urea groups is 1. The Morgan fingerprint density at radius 3 is 2.54 bits per heavy atom. The first kappa shape index (κ1) is 10.1. The lowest BCUT2D eigenvalue weighted by Crippen LogP contribution is -2.41. The topological polar surface area (TPSA) is 67.4 Å². The van der Waals surface area contributed by atoms with Gasteiger partial charge in [0.2, 0.25) is 6.23 Å². The van der Waals surface area contributed by atoms with E-state index in [1.165, 1.54) is 7.05 Å². The van der Waals surface area contributed by atoms with E-state index in [0.29, 0.717) is 0 Å². The SMILES string of the molecule is CNC(=O)N[C@H]1OC(=O)C(Cl)=C1Cl. The van der Waals surface area contributed by atoms with Gasteiger partial charge in [0, 0.05) is 7.05 Å². The smallest absolute Gasteiger partial charge is 0.353 e. The van der Waals surface area contributed by atoms with Crippen molar-refractivity contribution in [3.05, 3.63) is 10.1 Å². The molecule has 0 aromatic carbocycles. The highest BCUT2D eigenvalue weighted by Gasteiger charge is 2.32. The van der Waals surface area contributed by atoms with E-state index < -0.39 is 18.2 Å². The zero-order valence-corrected chi connectivity index (χ0v) is 8.07. The molecule has 0 spiro atoms. The maximum atomic E-state index is 10.8. The Kier molecular flexibility index (Phi) is 3.00. The number of esters is 1. The van der Waals surface area contributed by atoms with Crippen LogP contribution in [-0.4, -0.2) is 25.3 Å². The molecule has 5 nitrogen and oxygen atoms in total. The molecule has 1 heterocycles. The number of carbonyl (C=O) groups excluding carboxylic acids is 2. The number of hydrogen-bond acceptors (Lipinski definition) is 3. The molecule has 1 rings (SSSR count). The van der Waals surface area contributed by atoms with Gasteiger partial charge >= 0.3 is 12.0 Å². The number of carbonyl (C=O) groups is 2. The molecule has 0 aromatic heterocycles. The maximum absolute atomic E-state index is 10.8. The average molecular weight is 225 g/mol. The van der Waals surface area contributed by atoms with E-state index in [1.54, 1.807) is 0 Å². The largest absolute Gasteiger partial charge is 0.432 e. The molecule has 1 aliphatic heterocycles. The predicted octanol–water partition coefficient (Wildman–Crippen LogP) is 0.487. The molecule has 2 amide bonds. The summed E-state index contributed by atoms with van der Waals surface area (Å²) in [6.45, 7) is 0. The summed E-state index contributed by atoms with van der Waals surface area (Å²) < 4.78 is 4.61. The van der Waals surface area contributed by atoms with Crippen LogP contribution in [0.3, 0.4) is 0 Å². The van der Waals surface area contributed by atoms with Gasteiger partial charge in [0.25, 0.3) is 0 Å². The first-order valence-corrected chi connectivity index (χ1v) is 4.06. The van der Waals surface area contributed by atoms with E-state index in [1.807, 2.05) is 0 Å². The number of halogens is 2. The van der Waals surface area contributed by atoms with E-state index in [-0.39, 0.29) is 10.1 Å². The molecule has 0 bridgehead atoms. The third kappa shape index (κ3) is 2.05. The molecule has 13 heavy (non-hydrogen) atoms. The van der Waals surface area contributed by atoms with Crippen LogP contribution in [-0.2, 0) is 9.53 Å². The first-order valence-electron chi connectivity index (χ1n) is 3.30. The lowest BCUT2D eigenvalue weighted by molar-refractivity contribution is -0.139. The van der Waals surface area contributed by atoms with Crippen molar-refractivity contribution < 1.29 is 14.3 Å². The summed E-state index contributed by atoms with van der Waals surface area (Å²) in [6, 6.07) is -0.512. The molecule has 0 unspecified atom stereocenters. The van der Waals surface area contributed by atoms with Crippen molar-refractivity contribution in [2.75, 3.05) is 7.05 Å². The number of amides is 2. The van der Waals surface area contributed by atoms with Gasteiger partial charge in [-0.25, -0.2) is 9.59 Å². The Balaban J connectivity index is 2.66. The molecule has 0 saturated carbocycles. The molecule has 1 atom stereocenters. The summed E-state index contributed by atoms with van der Waals surface area (Å²) in [7, 11) is 1.42. The fourth-order valence-corrected chi connectivity index (χ4v) is 1.03. The second-order valence-electron chi connectivity index (χ2n) is 2.17. The summed E-state index contributed by atoms with van der Waals surface area (Å²) in [5, 5.41) is 4.32. The van der Waals surface area contributed by atoms with Crippen LogP contribution in [0, 0.1) is 0 Å². The molecule has 0 radical (unpaired) electrons. The van der Waals surface area contributed by atoms with Crippen LogP contribution in [0.5, 0.6) is 0 Å². The van der Waals surface area contributed by atoms with Gasteiger partial charge in [-0.2, -0.15) is 0 Å². The lowest BCUT2D eigenvalue weighted by Gasteiger charge is -2.11. The third-order valence-electron chi connectivity index (χ3n) is 1.33. The molecule has 0 aromatic rings. The second kappa shape index (κ2) is 3.85. The number of cyclic esters (lactones) is 1. The molecule has 0 saturated heterocycles. The van der Waals surface area contributed by atoms with Crippen molar-refractivity contribution in [1.29, 1.82) is 0 Å². The monoisotopic (exact) mass is 224 g/mol. The van der Waals surface area contributed by atoms with E-state index in [0.717, 1.165) is 0 Å². The number of ether oxygens (including phenoxy) is 1. The molecule has 2 N–H and O–H groups in total. The van der Waals surface area contributed by atoms with Gasteiger partial charge in [-0.05, 0) is 0 Å². The van der Waals surface area contributed by atoms with Crippen molar-refractivity contribution in [2.45, 2.75) is 6.23 Å². The van der Waals surface area contributed by atoms with Crippen LogP contribution in [0.2, 0.25) is 0 Å². The van der Waals surface area contributed by atoms with Gasteiger partial charge in [-0.15, -0.1) is 0 Å². The van der Waals surface area contributed by atoms with Crippen molar-refractivity contribution in [3.63, 3.8) is 0 Å². The van der Waals surface area contributed by atoms with Gasteiger partial charge in [0.15, 0.2) is 0 Å². The van der Waals surface area contributed by atoms with Gasteiger partial charge in [-0.1, -0.05) is 23.2 Å². The second-order valence-corrected chi connectivity index (χ2v) is 2.96. The number of nitrogens with one attached hydrogen (secondary N) is 2. The minimum atomic E-state index is -0.985. The Labute approximate surface area is 84.0 Å². The highest BCUT2D eigenvalue weighted by atomic mass is 35.5. The molecular weight excluding hydrogens is 219 g/mol. The summed E-state index contributed by atoms with van der Waals surface area (Å²) in [5.41, 5.74) is 0. The highest BCUT2D eigenvalue weighted by molar-refractivity contribution is 6.48. The maximum Gasteiger partial charge on any atom is 0.353 e. The first-order chi connectivity index (χ1) is 6.06. The Morgan fingerprint density at radius 2 is 2.15 bits per heavy atom. The van der Waals surface area contributed by atoms with Crippen LogP contribution in [0.25, 0.3) is 0 Å². The van der Waals surface area contributed by atoms with E-state index in [2.05, 4.69) is 15.4 Å². The fourth-order valence-electron chi connectivity index (χ4n) is 0.707. The van der Waals surface area contributed by atoms with E-state index in [4.69, 9.17) is 23.2 Å². The Hall–Kier alpha value is -0.940. The standard InChI is InChI=1S/C6H6Cl2N2O3/c1-9-6(12)10-4-2(7)3(8)5(11)13-4/h4H,1H3,(H2,9,10,12)/t4-/m0/s1. The molecule has 0 fully saturated rings. The van der Waals surface area contributed by atoms with Crippen LogP contribution in [0.1, 0.15) is 0 Å². The quantitative estimate of drug-likeness (QED) is 0.638. The average Bonchev–Trinajstić information content (AvgIpc) is 2.34. The lowest BCUT2D eigenvalue weighted by atomic mass is 10.5. The van der Waals surface area contributed by atoms with Gasteiger partial charge < -0.3 is 10.1 Å². The van der Waals surface area contributed by atoms with Gasteiger partial charge in [0.1, 0.15) is 10.1 Å². The predicted molar refractivity (Wildman–Crippen MR) is 46.2 cm³/mol. The molecule has 72 valence electrons. The zero-order valence-electron chi connectivity index (χ0n) is 6.56. The van der Waals surface area contributed by atoms with Gasteiger partial charge in [-0.3, -0.25) is 5.32 Å². The van der Waals surface area contributed by atoms with Crippen LogP contribution >= 0.6 is 23.2 Å².